The molecule has 0 fully saturated rings. The lowest BCUT2D eigenvalue weighted by molar-refractivity contribution is -0.150. The van der Waals surface area contributed by atoms with Crippen LogP contribution < -0.4 is 9.47 Å². The number of halogens is 3. The molecule has 2 aromatic heterocycles. The maximum absolute atomic E-state index is 13.3. The summed E-state index contributed by atoms with van der Waals surface area (Å²) in [6.45, 7) is 1.49. The summed E-state index contributed by atoms with van der Waals surface area (Å²) in [7, 11) is 0. The summed E-state index contributed by atoms with van der Waals surface area (Å²) in [5.41, 5.74) is 0.0998. The third kappa shape index (κ3) is 6.95. The number of rotatable bonds is 11. The number of carboxylic acid groups (broad SMARTS) is 1. The van der Waals surface area contributed by atoms with Gasteiger partial charge in [-0.15, -0.1) is 0 Å². The Morgan fingerprint density at radius 3 is 2.74 bits per heavy atom. The minimum Gasteiger partial charge on any atom is -0.481 e. The normalized spacial score (nSPS) is 12.7. The average Bonchev–Trinajstić information content (AvgIpc) is 3.24. The number of esters is 1. The Bertz CT molecular complexity index is 1050. The number of aryl methyl sites for hydroxylation is 1. The lowest BCUT2D eigenvalue weighted by Crippen LogP contribution is -2.13. The minimum atomic E-state index is -4.59. The molecule has 2 aromatic rings. The van der Waals surface area contributed by atoms with Crippen LogP contribution in [0.1, 0.15) is 48.1 Å². The number of nitrogens with zero attached hydrogens (tertiary/aromatic N) is 3. The van der Waals surface area contributed by atoms with Gasteiger partial charge in [-0.3, -0.25) is 14.6 Å². The summed E-state index contributed by atoms with van der Waals surface area (Å²) < 4.78 is 55.9. The van der Waals surface area contributed by atoms with E-state index < -0.39 is 30.6 Å². The molecule has 3 rings (SSSR count). The Balaban J connectivity index is 1.63. The number of carbonyl (C=O) groups is 2. The summed E-state index contributed by atoms with van der Waals surface area (Å²) in [4.78, 5) is 34.3. The van der Waals surface area contributed by atoms with Crippen LogP contribution in [-0.2, 0) is 32.7 Å². The molecule has 34 heavy (non-hydrogen) atoms. The smallest absolute Gasteiger partial charge is 0.433 e. The van der Waals surface area contributed by atoms with Crippen LogP contribution in [-0.4, -0.2) is 45.4 Å². The number of fused-ring (bicyclic) bond motifs is 1. The molecular formula is C21H22F3N3O6S. The summed E-state index contributed by atoms with van der Waals surface area (Å²) in [5, 5.41) is 8.74. The summed E-state index contributed by atoms with van der Waals surface area (Å²) in [5.74, 6) is -1.15. The van der Waals surface area contributed by atoms with Crippen LogP contribution in [0.3, 0.4) is 0 Å². The Kier molecular flexibility index (Phi) is 8.53. The van der Waals surface area contributed by atoms with Gasteiger partial charge in [0.15, 0.2) is 5.16 Å². The summed E-state index contributed by atoms with van der Waals surface area (Å²) in [6.07, 6.45) is -2.25. The van der Waals surface area contributed by atoms with Gasteiger partial charge in [0.25, 0.3) is 0 Å². The van der Waals surface area contributed by atoms with Crippen molar-refractivity contribution in [1.29, 1.82) is 0 Å². The molecule has 1 aliphatic heterocycles. The van der Waals surface area contributed by atoms with Crippen molar-refractivity contribution in [3.8, 4) is 11.8 Å². The van der Waals surface area contributed by atoms with Gasteiger partial charge in [0, 0.05) is 31.2 Å². The first kappa shape index (κ1) is 25.5. The number of carbonyl (C=O) groups excluding carboxylic acids is 1. The molecule has 0 saturated heterocycles. The number of aromatic nitrogens is 3. The van der Waals surface area contributed by atoms with E-state index in [2.05, 4.69) is 15.0 Å². The van der Waals surface area contributed by atoms with Gasteiger partial charge in [-0.05, 0) is 37.0 Å². The third-order valence-electron chi connectivity index (χ3n) is 4.84. The fraction of sp³-hybridized carbons (Fsp3) is 0.476. The molecule has 3 heterocycles. The SMILES string of the molecule is Cc1ccnc(C(F)(F)F)c1CSc1nc2c(c(OCOC(=O)CCCCC(=O)O)n1)CCO2. The largest absolute Gasteiger partial charge is 0.481 e. The second-order valence-corrected chi connectivity index (χ2v) is 8.26. The van der Waals surface area contributed by atoms with Crippen LogP contribution >= 0.6 is 11.8 Å². The predicted octanol–water partition coefficient (Wildman–Crippen LogP) is 3.95. The first-order valence-electron chi connectivity index (χ1n) is 10.3. The summed E-state index contributed by atoms with van der Waals surface area (Å²) >= 11 is 0.976. The van der Waals surface area contributed by atoms with Crippen LogP contribution in [0.15, 0.2) is 17.4 Å². The van der Waals surface area contributed by atoms with Crippen molar-refractivity contribution in [2.45, 2.75) is 56.1 Å². The highest BCUT2D eigenvalue weighted by Gasteiger charge is 2.36. The molecule has 0 saturated carbocycles. The van der Waals surface area contributed by atoms with Gasteiger partial charge < -0.3 is 19.3 Å². The van der Waals surface area contributed by atoms with Crippen LogP contribution in [0.2, 0.25) is 0 Å². The van der Waals surface area contributed by atoms with Crippen LogP contribution in [0.25, 0.3) is 0 Å². The van der Waals surface area contributed by atoms with Crippen molar-refractivity contribution < 1.29 is 42.1 Å². The molecule has 0 amide bonds. The number of hydrogen-bond donors (Lipinski definition) is 1. The average molecular weight is 501 g/mol. The second-order valence-electron chi connectivity index (χ2n) is 7.31. The predicted molar refractivity (Wildman–Crippen MR) is 112 cm³/mol. The lowest BCUT2D eigenvalue weighted by Gasteiger charge is -2.14. The van der Waals surface area contributed by atoms with E-state index in [0.717, 1.165) is 18.0 Å². The molecule has 0 atom stereocenters. The maximum atomic E-state index is 13.3. The highest BCUT2D eigenvalue weighted by molar-refractivity contribution is 7.98. The first-order chi connectivity index (χ1) is 16.1. The molecule has 9 nitrogen and oxygen atoms in total. The van der Waals surface area contributed by atoms with E-state index in [9.17, 15) is 22.8 Å². The number of carboxylic acids is 1. The molecule has 0 unspecified atom stereocenters. The van der Waals surface area contributed by atoms with Crippen LogP contribution in [0.5, 0.6) is 11.8 Å². The molecule has 13 heteroatoms. The molecule has 0 spiro atoms. The topological polar surface area (TPSA) is 121 Å². The highest BCUT2D eigenvalue weighted by Crippen LogP contribution is 2.37. The van der Waals surface area contributed by atoms with E-state index in [1.807, 2.05) is 0 Å². The van der Waals surface area contributed by atoms with Crippen molar-refractivity contribution in [2.24, 2.45) is 0 Å². The van der Waals surface area contributed by atoms with Crippen molar-refractivity contribution in [3.63, 3.8) is 0 Å². The third-order valence-corrected chi connectivity index (χ3v) is 5.72. The first-order valence-corrected chi connectivity index (χ1v) is 11.3. The Morgan fingerprint density at radius 2 is 2.00 bits per heavy atom. The van der Waals surface area contributed by atoms with Gasteiger partial charge in [-0.2, -0.15) is 23.1 Å². The van der Waals surface area contributed by atoms with E-state index >= 15 is 0 Å². The molecule has 1 N–H and O–H groups in total. The van der Waals surface area contributed by atoms with Gasteiger partial charge >= 0.3 is 18.1 Å². The van der Waals surface area contributed by atoms with Gasteiger partial charge in [0.05, 0.1) is 12.2 Å². The molecular weight excluding hydrogens is 479 g/mol. The van der Waals surface area contributed by atoms with Crippen LogP contribution in [0.4, 0.5) is 13.2 Å². The number of alkyl halides is 3. The number of aliphatic carboxylic acids is 1. The zero-order valence-corrected chi connectivity index (χ0v) is 19.0. The molecule has 0 aromatic carbocycles. The van der Waals surface area contributed by atoms with Gasteiger partial charge in [-0.1, -0.05) is 11.8 Å². The molecule has 184 valence electrons. The zero-order valence-electron chi connectivity index (χ0n) is 18.2. The van der Waals surface area contributed by atoms with Crippen molar-refractivity contribution >= 4 is 23.7 Å². The fourth-order valence-corrected chi connectivity index (χ4v) is 4.05. The van der Waals surface area contributed by atoms with E-state index in [4.69, 9.17) is 19.3 Å². The van der Waals surface area contributed by atoms with Crippen molar-refractivity contribution in [2.75, 3.05) is 13.4 Å². The van der Waals surface area contributed by atoms with E-state index in [0.29, 0.717) is 37.0 Å². The quantitative estimate of drug-likeness (QED) is 0.159. The van der Waals surface area contributed by atoms with Gasteiger partial charge in [0.2, 0.25) is 18.6 Å². The number of hydrogen-bond acceptors (Lipinski definition) is 9. The van der Waals surface area contributed by atoms with E-state index in [1.165, 1.54) is 6.07 Å². The maximum Gasteiger partial charge on any atom is 0.433 e. The van der Waals surface area contributed by atoms with Crippen molar-refractivity contribution in [1.82, 2.24) is 15.0 Å². The number of unbranched alkanes of at least 4 members (excludes halogenated alkanes) is 1. The standard InChI is InChI=1S/C21H22F3N3O6S/c1-12-6-8-25-17(21(22,23)24)14(12)10-34-20-26-18-13(7-9-31-18)19(27-20)33-11-32-16(30)5-3-2-4-15(28)29/h6,8H,2-5,7,9-11H2,1H3,(H,28,29). The van der Waals surface area contributed by atoms with Crippen LogP contribution in [0, 0.1) is 6.92 Å². The zero-order chi connectivity index (χ0) is 24.7. The van der Waals surface area contributed by atoms with Crippen molar-refractivity contribution in [3.05, 3.63) is 34.6 Å². The molecule has 0 aliphatic carbocycles. The number of pyridine rings is 1. The lowest BCUT2D eigenvalue weighted by atomic mass is 10.1. The Hall–Kier alpha value is -3.09. The highest BCUT2D eigenvalue weighted by atomic mass is 32.2. The Labute approximate surface area is 197 Å². The summed E-state index contributed by atoms with van der Waals surface area (Å²) in [6, 6.07) is 1.50. The molecule has 1 aliphatic rings. The van der Waals surface area contributed by atoms with E-state index in [-0.39, 0.29) is 41.1 Å². The minimum absolute atomic E-state index is 0.0275. The second kappa shape index (κ2) is 11.4. The molecule has 0 bridgehead atoms. The van der Waals surface area contributed by atoms with E-state index in [1.54, 1.807) is 6.92 Å². The monoisotopic (exact) mass is 501 g/mol. The number of ether oxygens (including phenoxy) is 3. The molecule has 0 radical (unpaired) electrons. The Morgan fingerprint density at radius 1 is 1.24 bits per heavy atom. The van der Waals surface area contributed by atoms with Gasteiger partial charge in [0.1, 0.15) is 5.69 Å². The fourth-order valence-electron chi connectivity index (χ4n) is 3.11. The van der Waals surface area contributed by atoms with Gasteiger partial charge in [-0.25, -0.2) is 0 Å². The number of thioether (sulfide) groups is 1.